The van der Waals surface area contributed by atoms with E-state index in [0.717, 1.165) is 12.1 Å². The molecule has 0 spiro atoms. The highest BCUT2D eigenvalue weighted by molar-refractivity contribution is 5.60. The summed E-state index contributed by atoms with van der Waals surface area (Å²) in [6.07, 6.45) is 1.08. The van der Waals surface area contributed by atoms with Gasteiger partial charge in [-0.05, 0) is 24.0 Å². The fourth-order valence-corrected chi connectivity index (χ4v) is 2.07. The molecule has 1 aromatic carbocycles. The lowest BCUT2D eigenvalue weighted by Gasteiger charge is -2.02. The van der Waals surface area contributed by atoms with Crippen molar-refractivity contribution in [3.63, 3.8) is 0 Å². The van der Waals surface area contributed by atoms with Crippen LogP contribution < -0.4 is 0 Å². The van der Waals surface area contributed by atoms with Gasteiger partial charge in [0.25, 0.3) is 0 Å². The highest BCUT2D eigenvalue weighted by Gasteiger charge is 2.09. The molecule has 2 heteroatoms. The molecular formula is C15H20N2. The molecule has 1 heterocycles. The minimum absolute atomic E-state index is 0.510. The predicted octanol–water partition coefficient (Wildman–Crippen LogP) is 3.77. The molecule has 0 aliphatic carbocycles. The average Bonchev–Trinajstić information content (AvgIpc) is 2.71. The number of hydrogen-bond acceptors (Lipinski definition) is 1. The fourth-order valence-electron chi connectivity index (χ4n) is 2.07. The smallest absolute Gasteiger partial charge is 0.0926 e. The number of benzene rings is 1. The van der Waals surface area contributed by atoms with Gasteiger partial charge in [-0.3, -0.25) is 4.68 Å². The summed E-state index contributed by atoms with van der Waals surface area (Å²) >= 11 is 0. The van der Waals surface area contributed by atoms with Crippen molar-refractivity contribution in [1.82, 2.24) is 9.78 Å². The van der Waals surface area contributed by atoms with Gasteiger partial charge in [-0.25, -0.2) is 0 Å². The quantitative estimate of drug-likeness (QED) is 0.782. The monoisotopic (exact) mass is 228 g/mol. The van der Waals surface area contributed by atoms with Gasteiger partial charge in [0.2, 0.25) is 0 Å². The zero-order chi connectivity index (χ0) is 12.4. The van der Waals surface area contributed by atoms with E-state index in [1.807, 2.05) is 11.7 Å². The van der Waals surface area contributed by atoms with E-state index < -0.39 is 0 Å². The van der Waals surface area contributed by atoms with Crippen molar-refractivity contribution in [3.05, 3.63) is 41.6 Å². The van der Waals surface area contributed by atoms with E-state index in [1.165, 1.54) is 16.8 Å². The molecule has 0 N–H and O–H groups in total. The number of hydrogen-bond donors (Lipinski definition) is 0. The van der Waals surface area contributed by atoms with Crippen molar-refractivity contribution in [2.75, 3.05) is 0 Å². The fraction of sp³-hybridized carbons (Fsp3) is 0.400. The molecule has 0 aliphatic heterocycles. The Morgan fingerprint density at radius 1 is 1.18 bits per heavy atom. The Morgan fingerprint density at radius 3 is 2.29 bits per heavy atom. The second-order valence-corrected chi connectivity index (χ2v) is 4.78. The Bertz CT molecular complexity index is 492. The first-order valence-corrected chi connectivity index (χ1v) is 6.25. The second kappa shape index (κ2) is 4.74. The van der Waals surface area contributed by atoms with Crippen LogP contribution in [0.4, 0.5) is 0 Å². The number of rotatable bonds is 3. The molecule has 0 aliphatic rings. The zero-order valence-corrected chi connectivity index (χ0v) is 11.1. The normalized spacial score (nSPS) is 11.1. The summed E-state index contributed by atoms with van der Waals surface area (Å²) in [4.78, 5) is 0. The largest absolute Gasteiger partial charge is 0.272 e. The molecule has 0 unspecified atom stereocenters. The van der Waals surface area contributed by atoms with Gasteiger partial charge >= 0.3 is 0 Å². The van der Waals surface area contributed by atoms with Gasteiger partial charge < -0.3 is 0 Å². The molecule has 0 fully saturated rings. The summed E-state index contributed by atoms with van der Waals surface area (Å²) in [6, 6.07) is 10.9. The molecular weight excluding hydrogens is 208 g/mol. The van der Waals surface area contributed by atoms with Crippen LogP contribution in [0.5, 0.6) is 0 Å². The van der Waals surface area contributed by atoms with Gasteiger partial charge in [0, 0.05) is 18.3 Å². The summed E-state index contributed by atoms with van der Waals surface area (Å²) < 4.78 is 1.98. The molecule has 0 bridgehead atoms. The Hall–Kier alpha value is -1.57. The van der Waals surface area contributed by atoms with Crippen molar-refractivity contribution in [2.45, 2.75) is 33.1 Å². The Balaban J connectivity index is 2.36. The Labute approximate surface area is 103 Å². The lowest BCUT2D eigenvalue weighted by molar-refractivity contribution is 0.670. The van der Waals surface area contributed by atoms with Gasteiger partial charge in [-0.2, -0.15) is 5.10 Å². The van der Waals surface area contributed by atoms with Gasteiger partial charge in [0.15, 0.2) is 0 Å². The molecule has 0 atom stereocenters. The van der Waals surface area contributed by atoms with E-state index in [4.69, 9.17) is 0 Å². The standard InChI is InChI=1S/C15H20N2/c1-5-12-6-8-13(9-7-12)14-10-15(11(2)3)17(4)16-14/h6-11H,5H2,1-4H3. The van der Waals surface area contributed by atoms with Crippen LogP contribution in [0, 0.1) is 0 Å². The lowest BCUT2D eigenvalue weighted by Crippen LogP contribution is -1.99. The molecule has 0 amide bonds. The van der Waals surface area contributed by atoms with E-state index in [9.17, 15) is 0 Å². The molecule has 2 aromatic rings. The molecule has 1 aromatic heterocycles. The van der Waals surface area contributed by atoms with Crippen LogP contribution >= 0.6 is 0 Å². The van der Waals surface area contributed by atoms with Crippen LogP contribution in [0.25, 0.3) is 11.3 Å². The van der Waals surface area contributed by atoms with E-state index in [1.54, 1.807) is 0 Å². The summed E-state index contributed by atoms with van der Waals surface area (Å²) in [6.45, 7) is 6.56. The Morgan fingerprint density at radius 2 is 1.82 bits per heavy atom. The van der Waals surface area contributed by atoms with Crippen molar-refractivity contribution < 1.29 is 0 Å². The first-order valence-electron chi connectivity index (χ1n) is 6.25. The van der Waals surface area contributed by atoms with Crippen LogP contribution in [-0.2, 0) is 13.5 Å². The number of aromatic nitrogens is 2. The van der Waals surface area contributed by atoms with Crippen LogP contribution in [0.3, 0.4) is 0 Å². The number of aryl methyl sites for hydroxylation is 2. The van der Waals surface area contributed by atoms with Crippen LogP contribution in [0.15, 0.2) is 30.3 Å². The molecule has 17 heavy (non-hydrogen) atoms. The van der Waals surface area contributed by atoms with Crippen molar-refractivity contribution >= 4 is 0 Å². The SMILES string of the molecule is CCc1ccc(-c2cc(C(C)C)n(C)n2)cc1. The molecule has 0 radical (unpaired) electrons. The molecule has 0 saturated heterocycles. The topological polar surface area (TPSA) is 17.8 Å². The summed E-state index contributed by atoms with van der Waals surface area (Å²) in [5.74, 6) is 0.510. The average molecular weight is 228 g/mol. The highest BCUT2D eigenvalue weighted by atomic mass is 15.3. The van der Waals surface area contributed by atoms with E-state index in [2.05, 4.69) is 56.2 Å². The zero-order valence-electron chi connectivity index (χ0n) is 11.1. The Kier molecular flexibility index (Phi) is 3.32. The maximum absolute atomic E-state index is 4.57. The third-order valence-corrected chi connectivity index (χ3v) is 3.17. The maximum Gasteiger partial charge on any atom is 0.0926 e. The van der Waals surface area contributed by atoms with E-state index in [0.29, 0.717) is 5.92 Å². The maximum atomic E-state index is 4.57. The van der Waals surface area contributed by atoms with Crippen LogP contribution in [0.1, 0.15) is 37.9 Å². The summed E-state index contributed by atoms with van der Waals surface area (Å²) in [5, 5.41) is 4.57. The van der Waals surface area contributed by atoms with Crippen molar-refractivity contribution in [1.29, 1.82) is 0 Å². The predicted molar refractivity (Wildman–Crippen MR) is 72.1 cm³/mol. The van der Waals surface area contributed by atoms with Gasteiger partial charge in [0.05, 0.1) is 5.69 Å². The van der Waals surface area contributed by atoms with Gasteiger partial charge in [0.1, 0.15) is 0 Å². The van der Waals surface area contributed by atoms with E-state index >= 15 is 0 Å². The van der Waals surface area contributed by atoms with Crippen molar-refractivity contribution in [2.24, 2.45) is 7.05 Å². The molecule has 2 nitrogen and oxygen atoms in total. The second-order valence-electron chi connectivity index (χ2n) is 4.78. The third kappa shape index (κ3) is 2.41. The first-order chi connectivity index (χ1) is 8.11. The van der Waals surface area contributed by atoms with Crippen molar-refractivity contribution in [3.8, 4) is 11.3 Å². The first kappa shape index (κ1) is 11.9. The third-order valence-electron chi connectivity index (χ3n) is 3.17. The summed E-state index contributed by atoms with van der Waals surface area (Å²) in [5.41, 5.74) is 4.91. The van der Waals surface area contributed by atoms with Crippen LogP contribution in [-0.4, -0.2) is 9.78 Å². The number of nitrogens with zero attached hydrogens (tertiary/aromatic N) is 2. The molecule has 90 valence electrons. The molecule has 2 rings (SSSR count). The summed E-state index contributed by atoms with van der Waals surface area (Å²) in [7, 11) is 2.01. The highest BCUT2D eigenvalue weighted by Crippen LogP contribution is 2.23. The molecule has 0 saturated carbocycles. The lowest BCUT2D eigenvalue weighted by atomic mass is 10.1. The van der Waals surface area contributed by atoms with Gasteiger partial charge in [-0.15, -0.1) is 0 Å². The van der Waals surface area contributed by atoms with Gasteiger partial charge in [-0.1, -0.05) is 45.0 Å². The van der Waals surface area contributed by atoms with E-state index in [-0.39, 0.29) is 0 Å². The minimum atomic E-state index is 0.510. The minimum Gasteiger partial charge on any atom is -0.272 e. The van der Waals surface area contributed by atoms with Crippen LogP contribution in [0.2, 0.25) is 0 Å².